The largest absolute Gasteiger partial charge is 0.484 e. The van der Waals surface area contributed by atoms with Crippen molar-refractivity contribution in [1.29, 1.82) is 0 Å². The van der Waals surface area contributed by atoms with Crippen molar-refractivity contribution < 1.29 is 19.1 Å². The van der Waals surface area contributed by atoms with Gasteiger partial charge >= 0.3 is 5.97 Å². The fourth-order valence-electron chi connectivity index (χ4n) is 2.75. The molecule has 27 heavy (non-hydrogen) atoms. The number of aromatic nitrogens is 2. The third-order valence-electron chi connectivity index (χ3n) is 4.20. The van der Waals surface area contributed by atoms with Gasteiger partial charge in [0.1, 0.15) is 5.75 Å². The number of piperazine rings is 1. The van der Waals surface area contributed by atoms with Gasteiger partial charge < -0.3 is 19.3 Å². The van der Waals surface area contributed by atoms with Gasteiger partial charge in [-0.15, -0.1) is 0 Å². The molecule has 0 atom stereocenters. The second-order valence-corrected chi connectivity index (χ2v) is 5.95. The first kappa shape index (κ1) is 18.6. The van der Waals surface area contributed by atoms with Crippen molar-refractivity contribution in [3.63, 3.8) is 0 Å². The van der Waals surface area contributed by atoms with Crippen molar-refractivity contribution in [1.82, 2.24) is 14.9 Å². The number of esters is 1. The van der Waals surface area contributed by atoms with Crippen LogP contribution in [0.3, 0.4) is 0 Å². The second-order valence-electron chi connectivity index (χ2n) is 5.95. The summed E-state index contributed by atoms with van der Waals surface area (Å²) in [5, 5.41) is 0. The van der Waals surface area contributed by atoms with Crippen LogP contribution in [0.25, 0.3) is 0 Å². The van der Waals surface area contributed by atoms with Crippen LogP contribution in [0.4, 0.5) is 5.95 Å². The number of hydrogen-bond acceptors (Lipinski definition) is 7. The van der Waals surface area contributed by atoms with Crippen LogP contribution >= 0.6 is 0 Å². The summed E-state index contributed by atoms with van der Waals surface area (Å²) >= 11 is 0. The molecule has 0 N–H and O–H groups in total. The van der Waals surface area contributed by atoms with Crippen molar-refractivity contribution in [2.24, 2.45) is 0 Å². The Morgan fingerprint density at radius 3 is 2.33 bits per heavy atom. The van der Waals surface area contributed by atoms with Gasteiger partial charge in [-0.1, -0.05) is 0 Å². The van der Waals surface area contributed by atoms with Gasteiger partial charge in [0.25, 0.3) is 5.91 Å². The highest BCUT2D eigenvalue weighted by Crippen LogP contribution is 2.14. The maximum atomic E-state index is 12.4. The van der Waals surface area contributed by atoms with Gasteiger partial charge in [0.05, 0.1) is 12.2 Å². The molecule has 142 valence electrons. The van der Waals surface area contributed by atoms with Crippen LogP contribution in [0.15, 0.2) is 42.7 Å². The third-order valence-corrected chi connectivity index (χ3v) is 4.20. The zero-order chi connectivity index (χ0) is 19.1. The molecule has 0 unspecified atom stereocenters. The van der Waals surface area contributed by atoms with Gasteiger partial charge in [-0.25, -0.2) is 14.8 Å². The summed E-state index contributed by atoms with van der Waals surface area (Å²) in [5.74, 6) is 0.772. The van der Waals surface area contributed by atoms with Gasteiger partial charge in [-0.3, -0.25) is 4.79 Å². The molecule has 1 amide bonds. The SMILES string of the molecule is CCOC(=O)c1ccc(OCC(=O)N2CCN(c3ncccn3)CC2)cc1. The van der Waals surface area contributed by atoms with Gasteiger partial charge in [-0.05, 0) is 37.3 Å². The summed E-state index contributed by atoms with van der Waals surface area (Å²) < 4.78 is 10.5. The predicted octanol–water partition coefficient (Wildman–Crippen LogP) is 1.38. The lowest BCUT2D eigenvalue weighted by molar-refractivity contribution is -0.133. The Bertz CT molecular complexity index is 759. The molecule has 2 aromatic rings. The van der Waals surface area contributed by atoms with Gasteiger partial charge in [0.2, 0.25) is 5.95 Å². The molecule has 0 spiro atoms. The smallest absolute Gasteiger partial charge is 0.338 e. The standard InChI is InChI=1S/C19H22N4O4/c1-2-26-18(25)15-4-6-16(7-5-15)27-14-17(24)22-10-12-23(13-11-22)19-20-8-3-9-21-19/h3-9H,2,10-14H2,1H3. The van der Waals surface area contributed by atoms with E-state index >= 15 is 0 Å². The topological polar surface area (TPSA) is 84.9 Å². The minimum Gasteiger partial charge on any atom is -0.484 e. The number of hydrogen-bond donors (Lipinski definition) is 0. The number of anilines is 1. The van der Waals surface area contributed by atoms with Gasteiger partial charge in [0.15, 0.2) is 6.61 Å². The molecule has 0 radical (unpaired) electrons. The number of nitrogens with zero attached hydrogens (tertiary/aromatic N) is 4. The monoisotopic (exact) mass is 370 g/mol. The van der Waals surface area contributed by atoms with E-state index in [9.17, 15) is 9.59 Å². The van der Waals surface area contributed by atoms with E-state index in [2.05, 4.69) is 14.9 Å². The van der Waals surface area contributed by atoms with Crippen LogP contribution in [0.1, 0.15) is 17.3 Å². The highest BCUT2D eigenvalue weighted by molar-refractivity contribution is 5.89. The Labute approximate surface area is 157 Å². The van der Waals surface area contributed by atoms with Crippen LogP contribution in [-0.4, -0.2) is 66.1 Å². The zero-order valence-corrected chi connectivity index (χ0v) is 15.2. The quantitative estimate of drug-likeness (QED) is 0.710. The molecule has 8 nitrogen and oxygen atoms in total. The van der Waals surface area contributed by atoms with E-state index in [-0.39, 0.29) is 18.5 Å². The molecular weight excluding hydrogens is 348 g/mol. The fourth-order valence-corrected chi connectivity index (χ4v) is 2.75. The minimum atomic E-state index is -0.375. The lowest BCUT2D eigenvalue weighted by atomic mass is 10.2. The molecule has 1 fully saturated rings. The van der Waals surface area contributed by atoms with Gasteiger partial charge in [0, 0.05) is 38.6 Å². The third kappa shape index (κ3) is 4.93. The fraction of sp³-hybridized carbons (Fsp3) is 0.368. The van der Waals surface area contributed by atoms with Crippen LogP contribution in [0.5, 0.6) is 5.75 Å². The number of carbonyl (C=O) groups excluding carboxylic acids is 2. The molecule has 0 aliphatic carbocycles. The number of benzene rings is 1. The first-order valence-electron chi connectivity index (χ1n) is 8.87. The van der Waals surface area contributed by atoms with E-state index < -0.39 is 0 Å². The van der Waals surface area contributed by atoms with Crippen molar-refractivity contribution in [2.45, 2.75) is 6.92 Å². The van der Waals surface area contributed by atoms with Crippen molar-refractivity contribution in [2.75, 3.05) is 44.3 Å². The van der Waals surface area contributed by atoms with Crippen molar-refractivity contribution in [3.8, 4) is 5.75 Å². The Balaban J connectivity index is 1.45. The van der Waals surface area contributed by atoms with Crippen molar-refractivity contribution >= 4 is 17.8 Å². The molecule has 1 aliphatic rings. The van der Waals surface area contributed by atoms with E-state index in [1.165, 1.54) is 0 Å². The van der Waals surface area contributed by atoms with Gasteiger partial charge in [-0.2, -0.15) is 0 Å². The predicted molar refractivity (Wildman–Crippen MR) is 98.7 cm³/mol. The van der Waals surface area contributed by atoms with E-state index in [1.54, 1.807) is 54.5 Å². The molecule has 1 aromatic heterocycles. The summed E-state index contributed by atoms with van der Waals surface area (Å²) in [5.41, 5.74) is 0.453. The molecule has 3 rings (SSSR count). The number of amides is 1. The van der Waals surface area contributed by atoms with Crippen molar-refractivity contribution in [3.05, 3.63) is 48.3 Å². The second kappa shape index (κ2) is 8.98. The Morgan fingerprint density at radius 1 is 1.04 bits per heavy atom. The zero-order valence-electron chi connectivity index (χ0n) is 15.2. The Kier molecular flexibility index (Phi) is 6.19. The summed E-state index contributed by atoms with van der Waals surface area (Å²) in [6.45, 7) is 4.61. The number of ether oxygens (including phenoxy) is 2. The molecule has 0 saturated carbocycles. The van der Waals surface area contributed by atoms with Crippen LogP contribution in [-0.2, 0) is 9.53 Å². The molecule has 2 heterocycles. The normalized spacial score (nSPS) is 14.0. The molecule has 1 aromatic carbocycles. The maximum absolute atomic E-state index is 12.4. The molecular formula is C19H22N4O4. The lowest BCUT2D eigenvalue weighted by Gasteiger charge is -2.34. The molecule has 8 heteroatoms. The molecule has 1 saturated heterocycles. The summed E-state index contributed by atoms with van der Waals surface area (Å²) in [7, 11) is 0. The first-order valence-corrected chi connectivity index (χ1v) is 8.87. The highest BCUT2D eigenvalue weighted by atomic mass is 16.5. The summed E-state index contributed by atoms with van der Waals surface area (Å²) in [6.07, 6.45) is 3.42. The number of carbonyl (C=O) groups is 2. The van der Waals surface area contributed by atoms with Crippen LogP contribution < -0.4 is 9.64 Å². The lowest BCUT2D eigenvalue weighted by Crippen LogP contribution is -2.50. The highest BCUT2D eigenvalue weighted by Gasteiger charge is 2.22. The van der Waals surface area contributed by atoms with Crippen LogP contribution in [0, 0.1) is 0 Å². The summed E-state index contributed by atoms with van der Waals surface area (Å²) in [4.78, 5) is 36.3. The van der Waals surface area contributed by atoms with E-state index in [0.29, 0.717) is 50.0 Å². The Hall–Kier alpha value is -3.16. The van der Waals surface area contributed by atoms with Crippen LogP contribution in [0.2, 0.25) is 0 Å². The average Bonchev–Trinajstić information content (AvgIpc) is 2.73. The Morgan fingerprint density at radius 2 is 1.70 bits per heavy atom. The summed E-state index contributed by atoms with van der Waals surface area (Å²) in [6, 6.07) is 8.33. The maximum Gasteiger partial charge on any atom is 0.338 e. The minimum absolute atomic E-state index is 0.0411. The van der Waals surface area contributed by atoms with E-state index in [4.69, 9.17) is 9.47 Å². The molecule has 0 bridgehead atoms. The first-order chi connectivity index (χ1) is 13.2. The van der Waals surface area contributed by atoms with E-state index in [0.717, 1.165) is 0 Å². The average molecular weight is 370 g/mol. The number of rotatable bonds is 6. The van der Waals surface area contributed by atoms with E-state index in [1.807, 2.05) is 0 Å². The molecule has 1 aliphatic heterocycles.